The van der Waals surface area contributed by atoms with Crippen LogP contribution in [0.2, 0.25) is 0 Å². The quantitative estimate of drug-likeness (QED) is 0.899. The smallest absolute Gasteiger partial charge is 0.323 e. The van der Waals surface area contributed by atoms with E-state index in [1.807, 2.05) is 31.2 Å². The van der Waals surface area contributed by atoms with Crippen LogP contribution in [-0.2, 0) is 5.41 Å². The van der Waals surface area contributed by atoms with Crippen molar-refractivity contribution in [3.8, 4) is 6.01 Å². The van der Waals surface area contributed by atoms with Crippen LogP contribution < -0.4 is 15.4 Å². The Morgan fingerprint density at radius 1 is 1.04 bits per heavy atom. The highest BCUT2D eigenvalue weighted by atomic mass is 16.5. The summed E-state index contributed by atoms with van der Waals surface area (Å²) in [6, 6.07) is 7.73. The number of carbonyl (C=O) groups excluding carboxylic acids is 1. The van der Waals surface area contributed by atoms with Crippen molar-refractivity contribution >= 4 is 17.4 Å². The summed E-state index contributed by atoms with van der Waals surface area (Å²) in [4.78, 5) is 19.9. The molecule has 0 spiro atoms. The standard InChI is InChI=1S/C17H22N4O2/c1-5-23-16-18-10-14(11-19-16)21-15(22)20-13-8-6-12(7-9-13)17(2,3)4/h6-11H,5H2,1-4H3,(H2,20,21,22). The van der Waals surface area contributed by atoms with Crippen molar-refractivity contribution in [1.29, 1.82) is 0 Å². The second kappa shape index (κ2) is 7.09. The first-order valence-corrected chi connectivity index (χ1v) is 7.52. The number of carbonyl (C=O) groups is 1. The molecule has 1 aromatic heterocycles. The fourth-order valence-corrected chi connectivity index (χ4v) is 1.93. The van der Waals surface area contributed by atoms with Gasteiger partial charge in [-0.05, 0) is 30.0 Å². The lowest BCUT2D eigenvalue weighted by atomic mass is 9.87. The first kappa shape index (κ1) is 16.7. The zero-order valence-corrected chi connectivity index (χ0v) is 13.9. The van der Waals surface area contributed by atoms with Gasteiger partial charge in [0.05, 0.1) is 24.7 Å². The van der Waals surface area contributed by atoms with Gasteiger partial charge in [-0.2, -0.15) is 0 Å². The van der Waals surface area contributed by atoms with Crippen LogP contribution in [0.15, 0.2) is 36.7 Å². The second-order valence-corrected chi connectivity index (χ2v) is 6.09. The van der Waals surface area contributed by atoms with E-state index in [4.69, 9.17) is 4.74 Å². The van der Waals surface area contributed by atoms with E-state index < -0.39 is 0 Å². The molecule has 0 aliphatic carbocycles. The lowest BCUT2D eigenvalue weighted by molar-refractivity contribution is 0.262. The molecule has 0 saturated heterocycles. The average Bonchev–Trinajstić information content (AvgIpc) is 2.49. The maximum absolute atomic E-state index is 12.0. The third-order valence-electron chi connectivity index (χ3n) is 3.17. The SMILES string of the molecule is CCOc1ncc(NC(=O)Nc2ccc(C(C)(C)C)cc2)cn1. The van der Waals surface area contributed by atoms with Gasteiger partial charge < -0.3 is 15.4 Å². The second-order valence-electron chi connectivity index (χ2n) is 6.09. The van der Waals surface area contributed by atoms with Crippen LogP contribution in [0.4, 0.5) is 16.2 Å². The molecule has 0 aliphatic heterocycles. The van der Waals surface area contributed by atoms with Gasteiger partial charge in [0, 0.05) is 5.69 Å². The molecule has 2 rings (SSSR count). The fourth-order valence-electron chi connectivity index (χ4n) is 1.93. The third kappa shape index (κ3) is 4.95. The number of urea groups is 1. The minimum absolute atomic E-state index is 0.0838. The van der Waals surface area contributed by atoms with Crippen LogP contribution in [0.5, 0.6) is 6.01 Å². The zero-order valence-electron chi connectivity index (χ0n) is 13.9. The molecule has 0 unspecified atom stereocenters. The summed E-state index contributed by atoms with van der Waals surface area (Å²) >= 11 is 0. The largest absolute Gasteiger partial charge is 0.464 e. The number of ether oxygens (including phenoxy) is 1. The number of anilines is 2. The number of nitrogens with one attached hydrogen (secondary N) is 2. The topological polar surface area (TPSA) is 76.1 Å². The first-order valence-electron chi connectivity index (χ1n) is 7.52. The monoisotopic (exact) mass is 314 g/mol. The summed E-state index contributed by atoms with van der Waals surface area (Å²) in [6.07, 6.45) is 3.00. The van der Waals surface area contributed by atoms with Crippen LogP contribution in [-0.4, -0.2) is 22.6 Å². The van der Waals surface area contributed by atoms with Crippen LogP contribution in [0.1, 0.15) is 33.3 Å². The summed E-state index contributed by atoms with van der Waals surface area (Å²) in [7, 11) is 0. The lowest BCUT2D eigenvalue weighted by Gasteiger charge is -2.19. The molecule has 0 aliphatic rings. The van der Waals surface area contributed by atoms with Gasteiger partial charge in [-0.1, -0.05) is 32.9 Å². The molecule has 2 amide bonds. The third-order valence-corrected chi connectivity index (χ3v) is 3.17. The number of hydrogen-bond acceptors (Lipinski definition) is 4. The van der Waals surface area contributed by atoms with Crippen LogP contribution in [0.25, 0.3) is 0 Å². The Kier molecular flexibility index (Phi) is 5.16. The highest BCUT2D eigenvalue weighted by Crippen LogP contribution is 2.23. The lowest BCUT2D eigenvalue weighted by Crippen LogP contribution is -2.20. The maximum atomic E-state index is 12.0. The van der Waals surface area contributed by atoms with Crippen LogP contribution >= 0.6 is 0 Å². The predicted octanol–water partition coefficient (Wildman–Crippen LogP) is 3.82. The molecule has 122 valence electrons. The van der Waals surface area contributed by atoms with Crippen molar-refractivity contribution in [2.45, 2.75) is 33.1 Å². The van der Waals surface area contributed by atoms with E-state index in [1.54, 1.807) is 0 Å². The summed E-state index contributed by atoms with van der Waals surface area (Å²) in [5.41, 5.74) is 2.52. The van der Waals surface area contributed by atoms with Crippen LogP contribution in [0, 0.1) is 0 Å². The Hall–Kier alpha value is -2.63. The molecule has 0 radical (unpaired) electrons. The van der Waals surface area contributed by atoms with E-state index in [1.165, 1.54) is 18.0 Å². The van der Waals surface area contributed by atoms with Gasteiger partial charge in [-0.15, -0.1) is 0 Å². The van der Waals surface area contributed by atoms with Gasteiger partial charge in [0.15, 0.2) is 0 Å². The molecule has 2 aromatic rings. The van der Waals surface area contributed by atoms with E-state index in [0.717, 1.165) is 5.69 Å². The Morgan fingerprint density at radius 3 is 2.13 bits per heavy atom. The minimum Gasteiger partial charge on any atom is -0.464 e. The van der Waals surface area contributed by atoms with Crippen molar-refractivity contribution < 1.29 is 9.53 Å². The van der Waals surface area contributed by atoms with Gasteiger partial charge in [-0.25, -0.2) is 14.8 Å². The number of rotatable bonds is 4. The highest BCUT2D eigenvalue weighted by molar-refractivity contribution is 5.99. The number of aromatic nitrogens is 2. The number of nitrogens with zero attached hydrogens (tertiary/aromatic N) is 2. The average molecular weight is 314 g/mol. The van der Waals surface area contributed by atoms with Crippen LogP contribution in [0.3, 0.4) is 0 Å². The fraction of sp³-hybridized carbons (Fsp3) is 0.353. The van der Waals surface area contributed by atoms with E-state index >= 15 is 0 Å². The normalized spacial score (nSPS) is 11.0. The maximum Gasteiger partial charge on any atom is 0.323 e. The summed E-state index contributed by atoms with van der Waals surface area (Å²) in [5, 5.41) is 5.45. The predicted molar refractivity (Wildman–Crippen MR) is 91.0 cm³/mol. The molecule has 23 heavy (non-hydrogen) atoms. The van der Waals surface area contributed by atoms with E-state index in [9.17, 15) is 4.79 Å². The van der Waals surface area contributed by atoms with E-state index in [0.29, 0.717) is 12.3 Å². The van der Waals surface area contributed by atoms with Gasteiger partial charge in [-0.3, -0.25) is 0 Å². The van der Waals surface area contributed by atoms with Crippen molar-refractivity contribution in [1.82, 2.24) is 9.97 Å². The molecule has 0 saturated carbocycles. The van der Waals surface area contributed by atoms with Gasteiger partial charge in [0.1, 0.15) is 0 Å². The van der Waals surface area contributed by atoms with E-state index in [-0.39, 0.29) is 17.5 Å². The summed E-state index contributed by atoms with van der Waals surface area (Å²) in [5.74, 6) is 0. The Balaban J connectivity index is 1.94. The van der Waals surface area contributed by atoms with Crippen molar-refractivity contribution in [3.63, 3.8) is 0 Å². The molecule has 0 bridgehead atoms. The summed E-state index contributed by atoms with van der Waals surface area (Å²) < 4.78 is 5.15. The molecule has 6 nitrogen and oxygen atoms in total. The first-order chi connectivity index (χ1) is 10.9. The number of hydrogen-bond donors (Lipinski definition) is 2. The Bertz CT molecular complexity index is 646. The number of benzene rings is 1. The Morgan fingerprint density at radius 2 is 1.61 bits per heavy atom. The van der Waals surface area contributed by atoms with Gasteiger partial charge in [0.2, 0.25) is 0 Å². The molecule has 1 heterocycles. The number of amides is 2. The van der Waals surface area contributed by atoms with Crippen molar-refractivity contribution in [2.75, 3.05) is 17.2 Å². The zero-order chi connectivity index (χ0) is 16.9. The molecule has 1 aromatic carbocycles. The molecule has 2 N–H and O–H groups in total. The van der Waals surface area contributed by atoms with Gasteiger partial charge >= 0.3 is 12.0 Å². The summed E-state index contributed by atoms with van der Waals surface area (Å²) in [6.45, 7) is 8.79. The molecular formula is C17H22N4O2. The molecular weight excluding hydrogens is 292 g/mol. The Labute approximate surface area is 136 Å². The molecule has 0 atom stereocenters. The highest BCUT2D eigenvalue weighted by Gasteiger charge is 2.13. The minimum atomic E-state index is -0.346. The van der Waals surface area contributed by atoms with Crippen molar-refractivity contribution in [2.24, 2.45) is 0 Å². The van der Waals surface area contributed by atoms with Crippen molar-refractivity contribution in [3.05, 3.63) is 42.2 Å². The van der Waals surface area contributed by atoms with E-state index in [2.05, 4.69) is 41.4 Å². The molecule has 0 fully saturated rings. The van der Waals surface area contributed by atoms with Gasteiger partial charge in [0.25, 0.3) is 0 Å². The molecule has 6 heteroatoms.